The number of ether oxygens (including phenoxy) is 2. The Balaban J connectivity index is 3.04. The fraction of sp³-hybridized carbons (Fsp3) is 0.333. The van der Waals surface area contributed by atoms with Crippen molar-refractivity contribution in [2.24, 2.45) is 5.92 Å². The van der Waals surface area contributed by atoms with Crippen LogP contribution >= 0.6 is 0 Å². The second-order valence-electron chi connectivity index (χ2n) is 3.60. The number of nitro benzene ring substituents is 1. The SMILES string of the molecule is CCC(C#N)C(=O)Oc1ccc(OC)cc1[N+](=O)[O-]. The smallest absolute Gasteiger partial charge is 0.328 e. The van der Waals surface area contributed by atoms with Crippen LogP contribution in [0.1, 0.15) is 13.3 Å². The minimum absolute atomic E-state index is 0.204. The highest BCUT2D eigenvalue weighted by Crippen LogP contribution is 2.31. The van der Waals surface area contributed by atoms with E-state index in [1.807, 2.05) is 0 Å². The predicted molar refractivity (Wildman–Crippen MR) is 64.7 cm³/mol. The van der Waals surface area contributed by atoms with Crippen LogP contribution in [0.5, 0.6) is 11.5 Å². The molecule has 0 saturated carbocycles. The minimum Gasteiger partial charge on any atom is -0.496 e. The first-order valence-electron chi connectivity index (χ1n) is 5.47. The van der Waals surface area contributed by atoms with Gasteiger partial charge in [0.25, 0.3) is 0 Å². The average Bonchev–Trinajstić information content (AvgIpc) is 2.40. The van der Waals surface area contributed by atoms with Crippen LogP contribution < -0.4 is 9.47 Å². The van der Waals surface area contributed by atoms with E-state index in [1.54, 1.807) is 13.0 Å². The molecule has 1 unspecified atom stereocenters. The Morgan fingerprint density at radius 1 is 1.58 bits per heavy atom. The van der Waals surface area contributed by atoms with Crippen LogP contribution in [0.15, 0.2) is 18.2 Å². The van der Waals surface area contributed by atoms with Gasteiger partial charge in [0.2, 0.25) is 5.75 Å². The number of nitrogens with zero attached hydrogens (tertiary/aromatic N) is 2. The number of benzene rings is 1. The Morgan fingerprint density at radius 3 is 2.74 bits per heavy atom. The molecule has 1 aromatic carbocycles. The highest BCUT2D eigenvalue weighted by atomic mass is 16.6. The van der Waals surface area contributed by atoms with Gasteiger partial charge in [0.15, 0.2) is 0 Å². The summed E-state index contributed by atoms with van der Waals surface area (Å²) in [6.07, 6.45) is 0.277. The summed E-state index contributed by atoms with van der Waals surface area (Å²) in [7, 11) is 1.37. The van der Waals surface area contributed by atoms with E-state index in [9.17, 15) is 14.9 Å². The minimum atomic E-state index is -0.943. The van der Waals surface area contributed by atoms with E-state index >= 15 is 0 Å². The third-order valence-electron chi connectivity index (χ3n) is 2.42. The summed E-state index contributed by atoms with van der Waals surface area (Å²) >= 11 is 0. The maximum atomic E-state index is 11.6. The fourth-order valence-electron chi connectivity index (χ4n) is 1.34. The lowest BCUT2D eigenvalue weighted by molar-refractivity contribution is -0.385. The standard InChI is InChI=1S/C12H12N2O5/c1-3-8(7-13)12(15)19-11-5-4-9(18-2)6-10(11)14(16)17/h4-6,8H,3H2,1-2H3. The van der Waals surface area contributed by atoms with Crippen molar-refractivity contribution in [2.45, 2.75) is 13.3 Å². The van der Waals surface area contributed by atoms with Gasteiger partial charge in [-0.15, -0.1) is 0 Å². The van der Waals surface area contributed by atoms with Crippen molar-refractivity contribution in [3.63, 3.8) is 0 Å². The molecule has 19 heavy (non-hydrogen) atoms. The van der Waals surface area contributed by atoms with Crippen molar-refractivity contribution in [3.05, 3.63) is 28.3 Å². The second-order valence-corrected chi connectivity index (χ2v) is 3.60. The molecule has 0 bridgehead atoms. The molecule has 100 valence electrons. The van der Waals surface area contributed by atoms with Crippen molar-refractivity contribution in [1.29, 1.82) is 5.26 Å². The number of carbonyl (C=O) groups is 1. The first kappa shape index (κ1) is 14.4. The van der Waals surface area contributed by atoms with E-state index in [0.717, 1.165) is 6.07 Å². The molecule has 0 fully saturated rings. The van der Waals surface area contributed by atoms with E-state index in [2.05, 4.69) is 0 Å². The number of carbonyl (C=O) groups excluding carboxylic acids is 1. The molecule has 0 N–H and O–H groups in total. The summed E-state index contributed by atoms with van der Waals surface area (Å²) in [5.41, 5.74) is -0.388. The molecule has 7 heteroatoms. The summed E-state index contributed by atoms with van der Waals surface area (Å²) in [5.74, 6) is -1.68. The highest BCUT2D eigenvalue weighted by molar-refractivity contribution is 5.78. The fourth-order valence-corrected chi connectivity index (χ4v) is 1.34. The molecular formula is C12H12N2O5. The number of rotatable bonds is 5. The van der Waals surface area contributed by atoms with Crippen LogP contribution in [0.2, 0.25) is 0 Å². The van der Waals surface area contributed by atoms with E-state index in [-0.39, 0.29) is 23.6 Å². The molecule has 0 radical (unpaired) electrons. The Labute approximate surface area is 109 Å². The quantitative estimate of drug-likeness (QED) is 0.349. The third-order valence-corrected chi connectivity index (χ3v) is 2.42. The molecule has 0 aliphatic heterocycles. The van der Waals surface area contributed by atoms with Gasteiger partial charge < -0.3 is 9.47 Å². The van der Waals surface area contributed by atoms with Gasteiger partial charge in [0.1, 0.15) is 11.7 Å². The van der Waals surface area contributed by atoms with Crippen LogP contribution in [0.4, 0.5) is 5.69 Å². The molecule has 0 amide bonds. The van der Waals surface area contributed by atoms with Crippen LogP contribution in [0.3, 0.4) is 0 Å². The predicted octanol–water partition coefficient (Wildman–Crippen LogP) is 2.06. The van der Waals surface area contributed by atoms with E-state index < -0.39 is 16.8 Å². The van der Waals surface area contributed by atoms with Gasteiger partial charge in [-0.25, -0.2) is 0 Å². The van der Waals surface area contributed by atoms with Crippen molar-refractivity contribution >= 4 is 11.7 Å². The van der Waals surface area contributed by atoms with E-state index in [4.69, 9.17) is 14.7 Å². The van der Waals surface area contributed by atoms with Crippen LogP contribution in [0, 0.1) is 27.4 Å². The molecule has 0 aliphatic rings. The largest absolute Gasteiger partial charge is 0.496 e. The summed E-state index contributed by atoms with van der Waals surface area (Å²) < 4.78 is 9.75. The normalized spacial score (nSPS) is 11.2. The number of methoxy groups -OCH3 is 1. The lowest BCUT2D eigenvalue weighted by Crippen LogP contribution is -2.18. The molecule has 0 aliphatic carbocycles. The molecule has 1 aromatic rings. The van der Waals surface area contributed by atoms with Crippen molar-refractivity contribution in [2.75, 3.05) is 7.11 Å². The zero-order valence-corrected chi connectivity index (χ0v) is 10.5. The number of nitro groups is 1. The van der Waals surface area contributed by atoms with Gasteiger partial charge in [-0.1, -0.05) is 6.92 Å². The number of esters is 1. The van der Waals surface area contributed by atoms with Crippen LogP contribution in [0.25, 0.3) is 0 Å². The molecular weight excluding hydrogens is 252 g/mol. The molecule has 7 nitrogen and oxygen atoms in total. The lowest BCUT2D eigenvalue weighted by Gasteiger charge is -2.08. The maximum Gasteiger partial charge on any atom is 0.328 e. The molecule has 1 atom stereocenters. The van der Waals surface area contributed by atoms with Gasteiger partial charge in [0.05, 0.1) is 24.2 Å². The zero-order chi connectivity index (χ0) is 14.4. The molecule has 0 heterocycles. The van der Waals surface area contributed by atoms with Gasteiger partial charge in [-0.2, -0.15) is 5.26 Å². The Morgan fingerprint density at radius 2 is 2.26 bits per heavy atom. The maximum absolute atomic E-state index is 11.6. The number of hydrogen-bond acceptors (Lipinski definition) is 6. The van der Waals surface area contributed by atoms with Gasteiger partial charge >= 0.3 is 11.7 Å². The van der Waals surface area contributed by atoms with Crippen molar-refractivity contribution in [1.82, 2.24) is 0 Å². The molecule has 0 saturated heterocycles. The average molecular weight is 264 g/mol. The van der Waals surface area contributed by atoms with E-state index in [0.29, 0.717) is 0 Å². The van der Waals surface area contributed by atoms with Gasteiger partial charge in [-0.05, 0) is 18.6 Å². The van der Waals surface area contributed by atoms with Gasteiger partial charge in [0, 0.05) is 0 Å². The molecule has 1 rings (SSSR count). The summed E-state index contributed by atoms with van der Waals surface area (Å²) in [6.45, 7) is 1.65. The molecule has 0 spiro atoms. The van der Waals surface area contributed by atoms with Crippen molar-refractivity contribution < 1.29 is 19.2 Å². The number of hydrogen-bond donors (Lipinski definition) is 0. The van der Waals surface area contributed by atoms with Crippen LogP contribution in [-0.2, 0) is 4.79 Å². The van der Waals surface area contributed by atoms with E-state index in [1.165, 1.54) is 19.2 Å². The Hall–Kier alpha value is -2.62. The molecule has 0 aromatic heterocycles. The first-order chi connectivity index (χ1) is 9.03. The second kappa shape index (κ2) is 6.35. The Bertz CT molecular complexity index is 535. The van der Waals surface area contributed by atoms with Gasteiger partial charge in [-0.3, -0.25) is 14.9 Å². The number of nitriles is 1. The van der Waals surface area contributed by atoms with Crippen LogP contribution in [-0.4, -0.2) is 18.0 Å². The topological polar surface area (TPSA) is 102 Å². The summed E-state index contributed by atoms with van der Waals surface area (Å²) in [6, 6.07) is 5.62. The van der Waals surface area contributed by atoms with Crippen molar-refractivity contribution in [3.8, 4) is 17.6 Å². The summed E-state index contributed by atoms with van der Waals surface area (Å²) in [4.78, 5) is 21.8. The monoisotopic (exact) mass is 264 g/mol. The third kappa shape index (κ3) is 3.42. The zero-order valence-electron chi connectivity index (χ0n) is 10.5. The summed E-state index contributed by atoms with van der Waals surface area (Å²) in [5, 5.41) is 19.6. The lowest BCUT2D eigenvalue weighted by atomic mass is 10.1. The Kier molecular flexibility index (Phi) is 4.83. The highest BCUT2D eigenvalue weighted by Gasteiger charge is 2.23. The first-order valence-corrected chi connectivity index (χ1v) is 5.47.